The lowest BCUT2D eigenvalue weighted by Crippen LogP contribution is -2.38. The molecule has 1 atom stereocenters. The standard InChI is InChI=1S/C19H12Cl4O5S/c20-11-8-13(18(25)17(24)9-11)19(29(26,27)28,12-3-1-2-4-14(12)21)10-5-6-15(22)16(23)7-10/h1-9,24-25H,(H,26,27,28). The molecule has 29 heavy (non-hydrogen) atoms. The lowest BCUT2D eigenvalue weighted by Gasteiger charge is -2.34. The van der Waals surface area contributed by atoms with Crippen molar-refractivity contribution >= 4 is 56.5 Å². The first-order valence-corrected chi connectivity index (χ1v) is 10.8. The van der Waals surface area contributed by atoms with Gasteiger partial charge in [0.15, 0.2) is 16.2 Å². The predicted octanol–water partition coefficient (Wildman–Crippen LogP) is 5.89. The third-order valence-corrected chi connectivity index (χ3v) is 7.14. The summed E-state index contributed by atoms with van der Waals surface area (Å²) in [5, 5.41) is 20.7. The van der Waals surface area contributed by atoms with Gasteiger partial charge in [-0.2, -0.15) is 8.42 Å². The van der Waals surface area contributed by atoms with Gasteiger partial charge < -0.3 is 10.2 Å². The minimum Gasteiger partial charge on any atom is -0.504 e. The Morgan fingerprint density at radius 1 is 0.759 bits per heavy atom. The number of hydrogen-bond donors (Lipinski definition) is 3. The lowest BCUT2D eigenvalue weighted by molar-refractivity contribution is 0.394. The molecule has 0 aliphatic carbocycles. The molecule has 0 fully saturated rings. The van der Waals surface area contributed by atoms with E-state index in [-0.39, 0.29) is 31.2 Å². The molecule has 10 heteroatoms. The smallest absolute Gasteiger partial charge is 0.283 e. The maximum Gasteiger partial charge on any atom is 0.283 e. The summed E-state index contributed by atoms with van der Waals surface area (Å²) < 4.78 is 33.9. The van der Waals surface area contributed by atoms with Crippen molar-refractivity contribution in [1.82, 2.24) is 0 Å². The van der Waals surface area contributed by atoms with Gasteiger partial charge in [-0.05, 0) is 29.8 Å². The van der Waals surface area contributed by atoms with Crippen molar-refractivity contribution in [3.63, 3.8) is 0 Å². The molecule has 0 aliphatic heterocycles. The van der Waals surface area contributed by atoms with E-state index in [1.807, 2.05) is 0 Å². The fraction of sp³-hybridized carbons (Fsp3) is 0.0526. The molecule has 0 saturated heterocycles. The number of rotatable bonds is 4. The van der Waals surface area contributed by atoms with Crippen LogP contribution in [0.15, 0.2) is 54.6 Å². The first kappa shape index (κ1) is 22.0. The van der Waals surface area contributed by atoms with Crippen LogP contribution in [0.5, 0.6) is 11.5 Å². The maximum atomic E-state index is 13.0. The van der Waals surface area contributed by atoms with Crippen molar-refractivity contribution in [1.29, 1.82) is 0 Å². The van der Waals surface area contributed by atoms with Crippen LogP contribution in [0.25, 0.3) is 0 Å². The molecule has 0 aromatic heterocycles. The molecule has 0 aliphatic rings. The van der Waals surface area contributed by atoms with Gasteiger partial charge >= 0.3 is 0 Å². The quantitative estimate of drug-likeness (QED) is 0.239. The second-order valence-electron chi connectivity index (χ2n) is 6.09. The molecule has 0 saturated carbocycles. The van der Waals surface area contributed by atoms with Gasteiger partial charge in [-0.1, -0.05) is 70.7 Å². The molecule has 1 unspecified atom stereocenters. The molecule has 3 aromatic rings. The van der Waals surface area contributed by atoms with Gasteiger partial charge in [-0.3, -0.25) is 4.55 Å². The average Bonchev–Trinajstić information content (AvgIpc) is 2.62. The predicted molar refractivity (Wildman–Crippen MR) is 114 cm³/mol. The lowest BCUT2D eigenvalue weighted by atomic mass is 9.83. The summed E-state index contributed by atoms with van der Waals surface area (Å²) in [5.41, 5.74) is -0.601. The number of halogens is 4. The largest absolute Gasteiger partial charge is 0.504 e. The molecular formula is C19H12Cl4O5S. The van der Waals surface area contributed by atoms with E-state index in [0.29, 0.717) is 0 Å². The highest BCUT2D eigenvalue weighted by atomic mass is 35.5. The van der Waals surface area contributed by atoms with Crippen LogP contribution in [-0.2, 0) is 14.9 Å². The number of hydrogen-bond acceptors (Lipinski definition) is 4. The molecule has 3 aromatic carbocycles. The van der Waals surface area contributed by atoms with Gasteiger partial charge in [0.1, 0.15) is 0 Å². The van der Waals surface area contributed by atoms with E-state index in [2.05, 4.69) is 0 Å². The summed E-state index contributed by atoms with van der Waals surface area (Å²) in [6.07, 6.45) is 0. The van der Waals surface area contributed by atoms with E-state index in [4.69, 9.17) is 46.4 Å². The Balaban J connectivity index is 2.63. The van der Waals surface area contributed by atoms with Gasteiger partial charge in [0.25, 0.3) is 10.1 Å². The van der Waals surface area contributed by atoms with Gasteiger partial charge in [-0.15, -0.1) is 0 Å². The summed E-state index contributed by atoms with van der Waals surface area (Å²) in [6.45, 7) is 0. The van der Waals surface area contributed by atoms with E-state index < -0.39 is 31.9 Å². The molecule has 152 valence electrons. The highest BCUT2D eigenvalue weighted by Gasteiger charge is 2.52. The van der Waals surface area contributed by atoms with Gasteiger partial charge in [0.05, 0.1) is 10.0 Å². The van der Waals surface area contributed by atoms with E-state index in [1.54, 1.807) is 6.07 Å². The summed E-state index contributed by atoms with van der Waals surface area (Å²) >= 11 is 24.4. The second-order valence-corrected chi connectivity index (χ2v) is 9.31. The van der Waals surface area contributed by atoms with Crippen molar-refractivity contribution in [2.45, 2.75) is 4.75 Å². The minimum atomic E-state index is -5.11. The number of aromatic hydroxyl groups is 2. The first-order valence-electron chi connectivity index (χ1n) is 7.89. The Hall–Kier alpha value is -1.67. The van der Waals surface area contributed by atoms with E-state index in [0.717, 1.165) is 12.1 Å². The van der Waals surface area contributed by atoms with Gasteiger partial charge in [0, 0.05) is 27.2 Å². The zero-order valence-electron chi connectivity index (χ0n) is 14.3. The highest BCUT2D eigenvalue weighted by molar-refractivity contribution is 7.87. The average molecular weight is 494 g/mol. The summed E-state index contributed by atoms with van der Waals surface area (Å²) in [5.74, 6) is -1.49. The van der Waals surface area contributed by atoms with Crippen LogP contribution in [0.3, 0.4) is 0 Å². The summed E-state index contributed by atoms with van der Waals surface area (Å²) in [6, 6.07) is 11.8. The molecular weight excluding hydrogens is 482 g/mol. The Bertz CT molecular complexity index is 1210. The van der Waals surface area contributed by atoms with Crippen molar-refractivity contribution in [3.8, 4) is 11.5 Å². The van der Waals surface area contributed by atoms with E-state index in [9.17, 15) is 23.2 Å². The fourth-order valence-electron chi connectivity index (χ4n) is 3.20. The minimum absolute atomic E-state index is 0.00464. The third-order valence-electron chi connectivity index (χ3n) is 4.40. The van der Waals surface area contributed by atoms with Crippen LogP contribution >= 0.6 is 46.4 Å². The summed E-state index contributed by atoms with van der Waals surface area (Å²) in [4.78, 5) is 0. The highest BCUT2D eigenvalue weighted by Crippen LogP contribution is 2.52. The van der Waals surface area contributed by atoms with Crippen LogP contribution in [0.4, 0.5) is 0 Å². The molecule has 3 rings (SSSR count). The Labute approximate surface area is 186 Å². The number of benzene rings is 3. The summed E-state index contributed by atoms with van der Waals surface area (Å²) in [7, 11) is -5.11. The second kappa shape index (κ2) is 7.87. The Morgan fingerprint density at radius 2 is 1.41 bits per heavy atom. The van der Waals surface area contributed by atoms with E-state index >= 15 is 0 Å². The first-order chi connectivity index (χ1) is 13.5. The van der Waals surface area contributed by atoms with Crippen molar-refractivity contribution in [2.75, 3.05) is 0 Å². The zero-order chi connectivity index (χ0) is 21.6. The van der Waals surface area contributed by atoms with Crippen LogP contribution in [0.2, 0.25) is 20.1 Å². The Kier molecular flexibility index (Phi) is 5.98. The normalized spacial score (nSPS) is 13.8. The number of phenolic OH excluding ortho intramolecular Hbond substituents is 2. The fourth-order valence-corrected chi connectivity index (χ4v) is 5.36. The third kappa shape index (κ3) is 3.65. The molecule has 0 amide bonds. The SMILES string of the molecule is O=S(=O)(O)C(c1ccc(Cl)c(Cl)c1)(c1ccccc1Cl)c1cc(Cl)cc(O)c1O. The van der Waals surface area contributed by atoms with Crippen LogP contribution < -0.4 is 0 Å². The monoisotopic (exact) mass is 492 g/mol. The van der Waals surface area contributed by atoms with Crippen molar-refractivity contribution in [2.24, 2.45) is 0 Å². The van der Waals surface area contributed by atoms with Crippen molar-refractivity contribution < 1.29 is 23.2 Å². The molecule has 0 radical (unpaired) electrons. The molecule has 5 nitrogen and oxygen atoms in total. The van der Waals surface area contributed by atoms with Gasteiger partial charge in [-0.25, -0.2) is 0 Å². The number of phenols is 2. The van der Waals surface area contributed by atoms with Crippen LogP contribution in [-0.4, -0.2) is 23.2 Å². The van der Waals surface area contributed by atoms with Gasteiger partial charge in [0.2, 0.25) is 0 Å². The molecule has 0 bridgehead atoms. The van der Waals surface area contributed by atoms with E-state index in [1.165, 1.54) is 36.4 Å². The Morgan fingerprint density at radius 3 is 2.00 bits per heavy atom. The molecule has 0 spiro atoms. The molecule has 3 N–H and O–H groups in total. The van der Waals surface area contributed by atoms with Crippen molar-refractivity contribution in [3.05, 3.63) is 91.4 Å². The topological polar surface area (TPSA) is 94.8 Å². The van der Waals surface area contributed by atoms with Crippen LogP contribution in [0.1, 0.15) is 16.7 Å². The maximum absolute atomic E-state index is 13.0. The van der Waals surface area contributed by atoms with Crippen LogP contribution in [0, 0.1) is 0 Å². The zero-order valence-corrected chi connectivity index (χ0v) is 18.1. The molecule has 0 heterocycles.